The van der Waals surface area contributed by atoms with E-state index in [1.165, 1.54) is 25.7 Å². The second-order valence-corrected chi connectivity index (χ2v) is 4.90. The molecule has 0 amide bonds. The minimum Gasteiger partial charge on any atom is -0.392 e. The lowest BCUT2D eigenvalue weighted by Gasteiger charge is -2.30. The molecular weight excluding hydrogens is 208 g/mol. The van der Waals surface area contributed by atoms with Crippen molar-refractivity contribution in [2.24, 2.45) is 5.73 Å². The fraction of sp³-hybridized carbons (Fsp3) is 0.909. The zero-order valence-corrected chi connectivity index (χ0v) is 10.6. The molecule has 88 valence electrons. The molecule has 0 aromatic rings. The van der Waals surface area contributed by atoms with Crippen LogP contribution in [0.2, 0.25) is 0 Å². The summed E-state index contributed by atoms with van der Waals surface area (Å²) in [6, 6.07) is 0.657. The maximum atomic E-state index is 5.63. The maximum absolute atomic E-state index is 5.63. The monoisotopic (exact) mass is 230 g/mol. The van der Waals surface area contributed by atoms with E-state index in [0.717, 1.165) is 13.1 Å². The van der Waals surface area contributed by atoms with Gasteiger partial charge in [-0.15, -0.1) is 0 Å². The maximum Gasteiger partial charge on any atom is 0.0870 e. The van der Waals surface area contributed by atoms with Crippen molar-refractivity contribution in [1.29, 1.82) is 0 Å². The Morgan fingerprint density at radius 3 is 2.60 bits per heavy atom. The molecular formula is C11H22N2OS. The number of ether oxygens (including phenoxy) is 1. The van der Waals surface area contributed by atoms with Crippen LogP contribution in [0, 0.1) is 0 Å². The normalized spacial score (nSPS) is 19.7. The largest absolute Gasteiger partial charge is 0.392 e. The molecule has 15 heavy (non-hydrogen) atoms. The van der Waals surface area contributed by atoms with Crippen LogP contribution < -0.4 is 5.73 Å². The van der Waals surface area contributed by atoms with Crippen LogP contribution in [0.4, 0.5) is 0 Å². The minimum absolute atomic E-state index is 0.250. The van der Waals surface area contributed by atoms with Crippen molar-refractivity contribution < 1.29 is 4.74 Å². The van der Waals surface area contributed by atoms with E-state index in [-0.39, 0.29) is 6.10 Å². The summed E-state index contributed by atoms with van der Waals surface area (Å²) in [5, 5.41) is 0. The van der Waals surface area contributed by atoms with Gasteiger partial charge in [0.15, 0.2) is 0 Å². The van der Waals surface area contributed by atoms with Gasteiger partial charge in [0, 0.05) is 26.2 Å². The SMILES string of the molecule is COC(C)CN(CC(N)=S)C1CCCC1. The van der Waals surface area contributed by atoms with Crippen molar-refractivity contribution in [3.63, 3.8) is 0 Å². The van der Waals surface area contributed by atoms with Crippen molar-refractivity contribution in [3.05, 3.63) is 0 Å². The number of thiocarbonyl (C=S) groups is 1. The van der Waals surface area contributed by atoms with Crippen LogP contribution in [0.25, 0.3) is 0 Å². The molecule has 3 nitrogen and oxygen atoms in total. The van der Waals surface area contributed by atoms with Gasteiger partial charge in [0.05, 0.1) is 11.1 Å². The van der Waals surface area contributed by atoms with Crippen LogP contribution in [0.3, 0.4) is 0 Å². The smallest absolute Gasteiger partial charge is 0.0870 e. The van der Waals surface area contributed by atoms with E-state index in [2.05, 4.69) is 11.8 Å². The zero-order chi connectivity index (χ0) is 11.3. The molecule has 0 spiro atoms. The molecule has 0 radical (unpaired) electrons. The van der Waals surface area contributed by atoms with Gasteiger partial charge in [0.1, 0.15) is 0 Å². The molecule has 4 heteroatoms. The molecule has 1 atom stereocenters. The average molecular weight is 230 g/mol. The first-order valence-electron chi connectivity index (χ1n) is 5.68. The zero-order valence-electron chi connectivity index (χ0n) is 9.74. The van der Waals surface area contributed by atoms with Gasteiger partial charge in [0.2, 0.25) is 0 Å². The summed E-state index contributed by atoms with van der Waals surface area (Å²) >= 11 is 4.99. The Bertz CT molecular complexity index is 205. The first-order chi connectivity index (χ1) is 7.13. The Kier molecular flexibility index (Phi) is 5.50. The van der Waals surface area contributed by atoms with Crippen molar-refractivity contribution >= 4 is 17.2 Å². The highest BCUT2D eigenvalue weighted by Gasteiger charge is 2.24. The lowest BCUT2D eigenvalue weighted by molar-refractivity contribution is 0.0678. The number of rotatable bonds is 6. The summed E-state index contributed by atoms with van der Waals surface area (Å²) in [5.74, 6) is 0. The molecule has 0 heterocycles. The van der Waals surface area contributed by atoms with Crippen LogP contribution >= 0.6 is 12.2 Å². The molecule has 0 bridgehead atoms. The molecule has 1 aliphatic rings. The third kappa shape index (κ3) is 4.45. The van der Waals surface area contributed by atoms with Gasteiger partial charge in [-0.25, -0.2) is 0 Å². The van der Waals surface area contributed by atoms with Crippen molar-refractivity contribution in [2.45, 2.75) is 44.8 Å². The number of hydrogen-bond acceptors (Lipinski definition) is 3. The fourth-order valence-electron chi connectivity index (χ4n) is 2.22. The van der Waals surface area contributed by atoms with Gasteiger partial charge >= 0.3 is 0 Å². The number of hydrogen-bond donors (Lipinski definition) is 1. The van der Waals surface area contributed by atoms with Gasteiger partial charge in [-0.3, -0.25) is 4.90 Å². The summed E-state index contributed by atoms with van der Waals surface area (Å²) in [4.78, 5) is 2.97. The van der Waals surface area contributed by atoms with Gasteiger partial charge in [-0.2, -0.15) is 0 Å². The summed E-state index contributed by atoms with van der Waals surface area (Å²) in [6.45, 7) is 3.74. The van der Waals surface area contributed by atoms with Gasteiger partial charge < -0.3 is 10.5 Å². The standard InChI is InChI=1S/C11H22N2OS/c1-9(14-2)7-13(8-11(12)15)10-5-3-4-6-10/h9-10H,3-8H2,1-2H3,(H2,12,15). The molecule has 1 aliphatic carbocycles. The molecule has 0 aromatic heterocycles. The fourth-order valence-corrected chi connectivity index (χ4v) is 2.38. The second kappa shape index (κ2) is 6.40. The highest BCUT2D eigenvalue weighted by Crippen LogP contribution is 2.23. The molecule has 1 rings (SSSR count). The number of methoxy groups -OCH3 is 1. The van der Waals surface area contributed by atoms with Crippen LogP contribution in [0.5, 0.6) is 0 Å². The van der Waals surface area contributed by atoms with E-state index in [9.17, 15) is 0 Å². The lowest BCUT2D eigenvalue weighted by Crippen LogP contribution is -2.43. The molecule has 0 saturated heterocycles. The Labute approximate surface area is 98.0 Å². The Balaban J connectivity index is 2.47. The van der Waals surface area contributed by atoms with E-state index < -0.39 is 0 Å². The highest BCUT2D eigenvalue weighted by molar-refractivity contribution is 7.80. The molecule has 1 unspecified atom stereocenters. The third-order valence-electron chi connectivity index (χ3n) is 3.09. The van der Waals surface area contributed by atoms with E-state index in [1.807, 2.05) is 0 Å². The van der Waals surface area contributed by atoms with Crippen LogP contribution in [0.15, 0.2) is 0 Å². The summed E-state index contributed by atoms with van der Waals surface area (Å²) in [6.07, 6.45) is 5.47. The van der Waals surface area contributed by atoms with E-state index in [0.29, 0.717) is 11.0 Å². The van der Waals surface area contributed by atoms with Crippen molar-refractivity contribution in [1.82, 2.24) is 4.90 Å². The highest BCUT2D eigenvalue weighted by atomic mass is 32.1. The van der Waals surface area contributed by atoms with Gasteiger partial charge in [0.25, 0.3) is 0 Å². The topological polar surface area (TPSA) is 38.5 Å². The molecule has 2 N–H and O–H groups in total. The van der Waals surface area contributed by atoms with E-state index in [1.54, 1.807) is 7.11 Å². The first kappa shape index (κ1) is 12.9. The van der Waals surface area contributed by atoms with E-state index in [4.69, 9.17) is 22.7 Å². The quantitative estimate of drug-likeness (QED) is 0.703. The third-order valence-corrected chi connectivity index (χ3v) is 3.22. The first-order valence-corrected chi connectivity index (χ1v) is 6.09. The van der Waals surface area contributed by atoms with Crippen molar-refractivity contribution in [3.8, 4) is 0 Å². The minimum atomic E-state index is 0.250. The summed E-state index contributed by atoms with van der Waals surface area (Å²) < 4.78 is 5.30. The van der Waals surface area contributed by atoms with Gasteiger partial charge in [-0.1, -0.05) is 25.1 Å². The van der Waals surface area contributed by atoms with Crippen LogP contribution in [-0.4, -0.2) is 42.2 Å². The Morgan fingerprint density at radius 1 is 1.53 bits per heavy atom. The predicted molar refractivity (Wildman–Crippen MR) is 67.1 cm³/mol. The van der Waals surface area contributed by atoms with Gasteiger partial charge in [-0.05, 0) is 19.8 Å². The molecule has 1 fully saturated rings. The number of nitrogens with zero attached hydrogens (tertiary/aromatic N) is 1. The average Bonchev–Trinajstić information content (AvgIpc) is 2.68. The molecule has 1 saturated carbocycles. The Morgan fingerprint density at radius 2 is 2.13 bits per heavy atom. The summed E-state index contributed by atoms with van der Waals surface area (Å²) in [7, 11) is 1.75. The molecule has 0 aliphatic heterocycles. The molecule has 0 aromatic carbocycles. The Hall–Kier alpha value is -0.190. The van der Waals surface area contributed by atoms with E-state index >= 15 is 0 Å². The van der Waals surface area contributed by atoms with Crippen LogP contribution in [-0.2, 0) is 4.74 Å². The second-order valence-electron chi connectivity index (χ2n) is 4.38. The van der Waals surface area contributed by atoms with Crippen molar-refractivity contribution in [2.75, 3.05) is 20.2 Å². The predicted octanol–water partition coefficient (Wildman–Crippen LogP) is 1.55. The number of nitrogens with two attached hydrogens (primary N) is 1. The van der Waals surface area contributed by atoms with Crippen LogP contribution in [0.1, 0.15) is 32.6 Å². The lowest BCUT2D eigenvalue weighted by atomic mass is 10.2. The summed E-state index contributed by atoms with van der Waals surface area (Å²) in [5.41, 5.74) is 5.63.